The van der Waals surface area contributed by atoms with E-state index in [4.69, 9.17) is 9.47 Å². The lowest BCUT2D eigenvalue weighted by Gasteiger charge is -2.39. The van der Waals surface area contributed by atoms with E-state index < -0.39 is 6.04 Å². The summed E-state index contributed by atoms with van der Waals surface area (Å²) in [5, 5.41) is 2.79. The molecular formula is C25H37N3O4. The van der Waals surface area contributed by atoms with Crippen molar-refractivity contribution in [1.29, 1.82) is 0 Å². The molecule has 0 aromatic heterocycles. The van der Waals surface area contributed by atoms with Crippen LogP contribution in [0.4, 0.5) is 0 Å². The van der Waals surface area contributed by atoms with Crippen LogP contribution in [-0.4, -0.2) is 79.7 Å². The number of hydrogen-bond acceptors (Lipinski definition) is 5. The highest BCUT2D eigenvalue weighted by Crippen LogP contribution is 2.21. The molecule has 2 aliphatic heterocycles. The summed E-state index contributed by atoms with van der Waals surface area (Å²) >= 11 is 0. The summed E-state index contributed by atoms with van der Waals surface area (Å²) in [5.74, 6) is 1.09. The van der Waals surface area contributed by atoms with E-state index in [1.165, 1.54) is 6.08 Å². The number of nitrogens with zero attached hydrogens (tertiary/aromatic N) is 2. The summed E-state index contributed by atoms with van der Waals surface area (Å²) < 4.78 is 11.0. The molecule has 32 heavy (non-hydrogen) atoms. The SMILES string of the molecule is COc1ccc(/C=C/C(=O)NC(C)C(=O)N2CCC(CN3CC(C)OC(C)C3)CC2)cc1. The Balaban J connectivity index is 1.41. The second kappa shape index (κ2) is 11.5. The quantitative estimate of drug-likeness (QED) is 0.656. The number of morpholine rings is 1. The molecule has 1 N–H and O–H groups in total. The molecule has 2 saturated heterocycles. The number of benzene rings is 1. The molecule has 0 saturated carbocycles. The minimum atomic E-state index is -0.541. The van der Waals surface area contributed by atoms with Crippen LogP contribution in [0.25, 0.3) is 6.08 Å². The van der Waals surface area contributed by atoms with E-state index in [0.717, 1.165) is 56.9 Å². The molecule has 0 bridgehead atoms. The van der Waals surface area contributed by atoms with Gasteiger partial charge >= 0.3 is 0 Å². The van der Waals surface area contributed by atoms with Gasteiger partial charge in [0.05, 0.1) is 19.3 Å². The fourth-order valence-corrected chi connectivity index (χ4v) is 4.62. The maximum absolute atomic E-state index is 12.8. The minimum absolute atomic E-state index is 0.0109. The van der Waals surface area contributed by atoms with Gasteiger partial charge in [0.2, 0.25) is 11.8 Å². The van der Waals surface area contributed by atoms with E-state index in [2.05, 4.69) is 24.1 Å². The van der Waals surface area contributed by atoms with Crippen LogP contribution in [0.5, 0.6) is 5.75 Å². The van der Waals surface area contributed by atoms with Gasteiger partial charge in [-0.05, 0) is 63.3 Å². The molecule has 0 spiro atoms. The van der Waals surface area contributed by atoms with Crippen molar-refractivity contribution in [3.63, 3.8) is 0 Å². The first-order valence-electron chi connectivity index (χ1n) is 11.6. The maximum atomic E-state index is 12.8. The van der Waals surface area contributed by atoms with Gasteiger partial charge in [-0.2, -0.15) is 0 Å². The van der Waals surface area contributed by atoms with Crippen LogP contribution in [0.1, 0.15) is 39.2 Å². The number of carbonyl (C=O) groups excluding carboxylic acids is 2. The van der Waals surface area contributed by atoms with Crippen LogP contribution in [-0.2, 0) is 14.3 Å². The Morgan fingerprint density at radius 2 is 1.78 bits per heavy atom. The lowest BCUT2D eigenvalue weighted by Crippen LogP contribution is -2.51. The molecule has 3 rings (SSSR count). The molecule has 1 aromatic carbocycles. The molecule has 2 heterocycles. The molecule has 176 valence electrons. The second-order valence-electron chi connectivity index (χ2n) is 9.08. The Bertz CT molecular complexity index is 777. The van der Waals surface area contributed by atoms with Gasteiger partial charge in [0.15, 0.2) is 0 Å². The Kier molecular flexibility index (Phi) is 8.70. The summed E-state index contributed by atoms with van der Waals surface area (Å²) in [6, 6.07) is 6.89. The Labute approximate surface area is 191 Å². The predicted octanol–water partition coefficient (Wildman–Crippen LogP) is 2.56. The van der Waals surface area contributed by atoms with Crippen LogP contribution in [0.2, 0.25) is 0 Å². The van der Waals surface area contributed by atoms with Crippen LogP contribution >= 0.6 is 0 Å². The normalized spacial score (nSPS) is 23.8. The molecule has 3 atom stereocenters. The fourth-order valence-electron chi connectivity index (χ4n) is 4.62. The summed E-state index contributed by atoms with van der Waals surface area (Å²) in [5.41, 5.74) is 0.894. The zero-order valence-corrected chi connectivity index (χ0v) is 19.8. The topological polar surface area (TPSA) is 71.1 Å². The second-order valence-corrected chi connectivity index (χ2v) is 9.08. The van der Waals surface area contributed by atoms with E-state index in [9.17, 15) is 9.59 Å². The summed E-state index contributed by atoms with van der Waals surface area (Å²) in [4.78, 5) is 29.4. The number of carbonyl (C=O) groups is 2. The predicted molar refractivity (Wildman–Crippen MR) is 125 cm³/mol. The standard InChI is InChI=1S/C25H37N3O4/c1-18-15-27(16-19(2)32-18)17-22-11-13-28(14-12-22)25(30)20(3)26-24(29)10-7-21-5-8-23(31-4)9-6-21/h5-10,18-20,22H,11-17H2,1-4H3,(H,26,29)/b10-7+. The third kappa shape index (κ3) is 7.07. The number of ether oxygens (including phenoxy) is 2. The molecule has 7 heteroatoms. The maximum Gasteiger partial charge on any atom is 0.244 e. The van der Waals surface area contributed by atoms with Crippen LogP contribution in [0.3, 0.4) is 0 Å². The highest BCUT2D eigenvalue weighted by Gasteiger charge is 2.29. The van der Waals surface area contributed by atoms with E-state index in [-0.39, 0.29) is 24.0 Å². The monoisotopic (exact) mass is 443 g/mol. The molecular weight excluding hydrogens is 406 g/mol. The third-order valence-corrected chi connectivity index (χ3v) is 6.21. The van der Waals surface area contributed by atoms with Gasteiger partial charge in [-0.1, -0.05) is 12.1 Å². The first-order chi connectivity index (χ1) is 15.3. The minimum Gasteiger partial charge on any atom is -0.497 e. The molecule has 2 amide bonds. The van der Waals surface area contributed by atoms with Crippen LogP contribution in [0.15, 0.2) is 30.3 Å². The van der Waals surface area contributed by atoms with Gasteiger partial charge in [0.25, 0.3) is 0 Å². The number of amides is 2. The fraction of sp³-hybridized carbons (Fsp3) is 0.600. The van der Waals surface area contributed by atoms with Crippen LogP contribution < -0.4 is 10.1 Å². The number of piperidine rings is 1. The Hall–Kier alpha value is -2.38. The highest BCUT2D eigenvalue weighted by atomic mass is 16.5. The number of nitrogens with one attached hydrogen (secondary N) is 1. The van der Waals surface area contributed by atoms with Crippen molar-refractivity contribution in [2.45, 2.75) is 51.9 Å². The molecule has 1 aromatic rings. The lowest BCUT2D eigenvalue weighted by atomic mass is 9.95. The molecule has 0 aliphatic carbocycles. The van der Waals surface area contributed by atoms with Crippen molar-refractivity contribution in [2.75, 3.05) is 39.8 Å². The van der Waals surface area contributed by atoms with E-state index in [1.54, 1.807) is 20.1 Å². The Morgan fingerprint density at radius 1 is 1.16 bits per heavy atom. The smallest absolute Gasteiger partial charge is 0.244 e. The Morgan fingerprint density at radius 3 is 2.38 bits per heavy atom. The molecule has 7 nitrogen and oxygen atoms in total. The van der Waals surface area contributed by atoms with Crippen molar-refractivity contribution >= 4 is 17.9 Å². The van der Waals surface area contributed by atoms with Gasteiger partial charge in [-0.3, -0.25) is 14.5 Å². The number of methoxy groups -OCH3 is 1. The van der Waals surface area contributed by atoms with Crippen molar-refractivity contribution in [2.24, 2.45) is 5.92 Å². The zero-order chi connectivity index (χ0) is 23.1. The summed E-state index contributed by atoms with van der Waals surface area (Å²) in [6.45, 7) is 10.6. The summed E-state index contributed by atoms with van der Waals surface area (Å²) in [7, 11) is 1.62. The molecule has 0 radical (unpaired) electrons. The molecule has 2 aliphatic rings. The van der Waals surface area contributed by atoms with Crippen LogP contribution in [0, 0.1) is 5.92 Å². The average Bonchev–Trinajstić information content (AvgIpc) is 2.77. The third-order valence-electron chi connectivity index (χ3n) is 6.21. The van der Waals surface area contributed by atoms with Gasteiger partial charge in [-0.15, -0.1) is 0 Å². The van der Waals surface area contributed by atoms with Crippen molar-refractivity contribution in [1.82, 2.24) is 15.1 Å². The van der Waals surface area contributed by atoms with Gasteiger partial charge in [-0.25, -0.2) is 0 Å². The van der Waals surface area contributed by atoms with Gasteiger partial charge in [0.1, 0.15) is 11.8 Å². The lowest BCUT2D eigenvalue weighted by molar-refractivity contribution is -0.136. The average molecular weight is 444 g/mol. The molecule has 2 fully saturated rings. The van der Waals surface area contributed by atoms with Crippen molar-refractivity contribution < 1.29 is 19.1 Å². The number of likely N-dealkylation sites (tertiary alicyclic amines) is 1. The van der Waals surface area contributed by atoms with E-state index in [0.29, 0.717) is 5.92 Å². The van der Waals surface area contributed by atoms with E-state index >= 15 is 0 Å². The van der Waals surface area contributed by atoms with Gasteiger partial charge < -0.3 is 19.7 Å². The number of hydrogen-bond donors (Lipinski definition) is 1. The van der Waals surface area contributed by atoms with E-state index in [1.807, 2.05) is 29.2 Å². The highest BCUT2D eigenvalue weighted by molar-refractivity contribution is 5.95. The summed E-state index contributed by atoms with van der Waals surface area (Å²) in [6.07, 6.45) is 5.76. The van der Waals surface area contributed by atoms with Crippen molar-refractivity contribution in [3.8, 4) is 5.75 Å². The zero-order valence-electron chi connectivity index (χ0n) is 19.8. The number of rotatable bonds is 7. The molecule has 3 unspecified atom stereocenters. The largest absolute Gasteiger partial charge is 0.497 e. The van der Waals surface area contributed by atoms with Crippen molar-refractivity contribution in [3.05, 3.63) is 35.9 Å². The first kappa shape index (κ1) is 24.3. The van der Waals surface area contributed by atoms with Gasteiger partial charge in [0, 0.05) is 38.8 Å². The first-order valence-corrected chi connectivity index (χ1v) is 11.6.